The van der Waals surface area contributed by atoms with Gasteiger partial charge in [-0.1, -0.05) is 48.5 Å². The van der Waals surface area contributed by atoms with Gasteiger partial charge in [-0.15, -0.1) is 0 Å². The van der Waals surface area contributed by atoms with E-state index < -0.39 is 0 Å². The summed E-state index contributed by atoms with van der Waals surface area (Å²) >= 11 is 0. The Morgan fingerprint density at radius 2 is 1.56 bits per heavy atom. The molecule has 2 aromatic carbocycles. The number of piperidine rings is 1. The van der Waals surface area contributed by atoms with E-state index in [9.17, 15) is 4.79 Å². The molecule has 0 radical (unpaired) electrons. The first-order valence-electron chi connectivity index (χ1n) is 9.49. The van der Waals surface area contributed by atoms with Gasteiger partial charge in [-0.3, -0.25) is 4.79 Å². The lowest BCUT2D eigenvalue weighted by Gasteiger charge is -2.25. The Kier molecular flexibility index (Phi) is 5.15. The molecule has 0 atom stereocenters. The Bertz CT molecular complexity index is 923. The Morgan fingerprint density at radius 3 is 2.26 bits per heavy atom. The van der Waals surface area contributed by atoms with Crippen molar-refractivity contribution in [1.29, 1.82) is 0 Å². The smallest absolute Gasteiger partial charge is 0.246 e. The monoisotopic (exact) mass is 357 g/mol. The molecule has 0 N–H and O–H groups in total. The van der Waals surface area contributed by atoms with Crippen molar-refractivity contribution < 1.29 is 4.79 Å². The number of aromatic nitrogens is 2. The van der Waals surface area contributed by atoms with Crippen LogP contribution in [0.15, 0.2) is 72.9 Å². The second kappa shape index (κ2) is 8.04. The predicted molar refractivity (Wildman–Crippen MR) is 108 cm³/mol. The summed E-state index contributed by atoms with van der Waals surface area (Å²) in [5.74, 6) is 0.0844. The van der Waals surface area contributed by atoms with Gasteiger partial charge in [0.2, 0.25) is 5.91 Å². The van der Waals surface area contributed by atoms with E-state index in [1.165, 1.54) is 6.42 Å². The minimum Gasteiger partial charge on any atom is -0.339 e. The van der Waals surface area contributed by atoms with Crippen LogP contribution in [0.1, 0.15) is 24.8 Å². The van der Waals surface area contributed by atoms with Crippen LogP contribution in [-0.4, -0.2) is 33.7 Å². The molecular weight excluding hydrogens is 334 g/mol. The van der Waals surface area contributed by atoms with Crippen molar-refractivity contribution in [3.8, 4) is 16.9 Å². The Labute approximate surface area is 159 Å². The highest BCUT2D eigenvalue weighted by atomic mass is 16.2. The number of carbonyl (C=O) groups excluding carboxylic acids is 1. The van der Waals surface area contributed by atoms with Crippen LogP contribution < -0.4 is 0 Å². The number of nitrogens with zero attached hydrogens (tertiary/aromatic N) is 3. The summed E-state index contributed by atoms with van der Waals surface area (Å²) in [7, 11) is 0. The van der Waals surface area contributed by atoms with Gasteiger partial charge in [-0.05, 0) is 37.5 Å². The fraction of sp³-hybridized carbons (Fsp3) is 0.217. The SMILES string of the molecule is O=C(/C=C\c1cn(-c2ccccc2)nc1-c1ccccc1)N1CCCCC1. The van der Waals surface area contributed by atoms with Gasteiger partial charge in [0.1, 0.15) is 0 Å². The van der Waals surface area contributed by atoms with Crippen LogP contribution in [0.25, 0.3) is 23.0 Å². The second-order valence-corrected chi connectivity index (χ2v) is 6.80. The van der Waals surface area contributed by atoms with Crippen LogP contribution in [0.5, 0.6) is 0 Å². The van der Waals surface area contributed by atoms with Crippen molar-refractivity contribution in [1.82, 2.24) is 14.7 Å². The number of hydrogen-bond acceptors (Lipinski definition) is 2. The maximum atomic E-state index is 12.5. The van der Waals surface area contributed by atoms with Gasteiger partial charge in [-0.25, -0.2) is 4.68 Å². The zero-order valence-electron chi connectivity index (χ0n) is 15.3. The van der Waals surface area contributed by atoms with Gasteiger partial charge >= 0.3 is 0 Å². The van der Waals surface area contributed by atoms with Crippen molar-refractivity contribution in [3.05, 3.63) is 78.5 Å². The molecule has 1 aromatic heterocycles. The second-order valence-electron chi connectivity index (χ2n) is 6.80. The zero-order chi connectivity index (χ0) is 18.5. The molecule has 136 valence electrons. The molecule has 3 aromatic rings. The third kappa shape index (κ3) is 4.00. The lowest BCUT2D eigenvalue weighted by molar-refractivity contribution is -0.126. The van der Waals surface area contributed by atoms with E-state index in [-0.39, 0.29) is 5.91 Å². The third-order valence-corrected chi connectivity index (χ3v) is 4.88. The fourth-order valence-electron chi connectivity index (χ4n) is 3.42. The lowest BCUT2D eigenvalue weighted by atomic mass is 10.1. The molecule has 2 heterocycles. The average molecular weight is 357 g/mol. The van der Waals surface area contributed by atoms with Crippen molar-refractivity contribution in [2.24, 2.45) is 0 Å². The summed E-state index contributed by atoms with van der Waals surface area (Å²) in [6, 6.07) is 20.1. The van der Waals surface area contributed by atoms with Gasteiger partial charge in [-0.2, -0.15) is 5.10 Å². The van der Waals surface area contributed by atoms with E-state index >= 15 is 0 Å². The summed E-state index contributed by atoms with van der Waals surface area (Å²) in [5, 5.41) is 4.78. The van der Waals surface area contributed by atoms with E-state index in [1.54, 1.807) is 6.08 Å². The third-order valence-electron chi connectivity index (χ3n) is 4.88. The molecule has 1 aliphatic rings. The molecule has 0 saturated carbocycles. The molecule has 1 fully saturated rings. The van der Waals surface area contributed by atoms with E-state index in [1.807, 2.05) is 82.5 Å². The van der Waals surface area contributed by atoms with Crippen molar-refractivity contribution in [2.45, 2.75) is 19.3 Å². The predicted octanol–water partition coefficient (Wildman–Crippen LogP) is 4.57. The number of amides is 1. The number of carbonyl (C=O) groups is 1. The standard InChI is InChI=1S/C23H23N3O/c27-22(25-16-8-3-9-17-25)15-14-20-18-26(21-12-6-2-7-13-21)24-23(20)19-10-4-1-5-11-19/h1-2,4-7,10-15,18H,3,8-9,16-17H2/b15-14-. The molecule has 0 bridgehead atoms. The first kappa shape index (κ1) is 17.3. The minimum atomic E-state index is 0.0844. The topological polar surface area (TPSA) is 38.1 Å². The first-order valence-corrected chi connectivity index (χ1v) is 9.49. The quantitative estimate of drug-likeness (QED) is 0.642. The highest BCUT2D eigenvalue weighted by Gasteiger charge is 2.15. The van der Waals surface area contributed by atoms with Crippen LogP contribution in [-0.2, 0) is 4.79 Å². The number of hydrogen-bond donors (Lipinski definition) is 0. The summed E-state index contributed by atoms with van der Waals surface area (Å²) in [6.07, 6.45) is 8.98. The van der Waals surface area contributed by atoms with Crippen LogP contribution >= 0.6 is 0 Å². The first-order chi connectivity index (χ1) is 13.3. The molecule has 0 spiro atoms. The molecule has 1 aliphatic heterocycles. The van der Waals surface area contributed by atoms with Crippen LogP contribution in [0.2, 0.25) is 0 Å². The number of benzene rings is 2. The highest BCUT2D eigenvalue weighted by Crippen LogP contribution is 2.25. The number of para-hydroxylation sites is 1. The summed E-state index contributed by atoms with van der Waals surface area (Å²) in [6.45, 7) is 1.72. The molecule has 4 heteroatoms. The molecule has 27 heavy (non-hydrogen) atoms. The fourth-order valence-corrected chi connectivity index (χ4v) is 3.42. The van der Waals surface area contributed by atoms with Crippen LogP contribution in [0.4, 0.5) is 0 Å². The molecule has 1 amide bonds. The van der Waals surface area contributed by atoms with Crippen LogP contribution in [0.3, 0.4) is 0 Å². The van der Waals surface area contributed by atoms with Gasteiger partial charge in [0, 0.05) is 36.5 Å². The molecule has 4 rings (SSSR count). The summed E-state index contributed by atoms with van der Waals surface area (Å²) in [5.41, 5.74) is 3.85. The highest BCUT2D eigenvalue weighted by molar-refractivity contribution is 5.93. The normalized spacial score (nSPS) is 14.6. The summed E-state index contributed by atoms with van der Waals surface area (Å²) in [4.78, 5) is 14.4. The van der Waals surface area contributed by atoms with Gasteiger partial charge in [0.05, 0.1) is 11.4 Å². The van der Waals surface area contributed by atoms with Crippen molar-refractivity contribution in [2.75, 3.05) is 13.1 Å². The Balaban J connectivity index is 1.67. The van der Waals surface area contributed by atoms with Gasteiger partial charge < -0.3 is 4.90 Å². The molecule has 0 aliphatic carbocycles. The van der Waals surface area contributed by atoms with Crippen molar-refractivity contribution >= 4 is 12.0 Å². The Morgan fingerprint density at radius 1 is 0.889 bits per heavy atom. The minimum absolute atomic E-state index is 0.0844. The zero-order valence-corrected chi connectivity index (χ0v) is 15.3. The van der Waals surface area contributed by atoms with Gasteiger partial charge in [0.25, 0.3) is 0 Å². The van der Waals surface area contributed by atoms with E-state index in [0.717, 1.165) is 48.4 Å². The van der Waals surface area contributed by atoms with E-state index in [2.05, 4.69) is 0 Å². The largest absolute Gasteiger partial charge is 0.339 e. The maximum absolute atomic E-state index is 12.5. The number of rotatable bonds is 4. The molecule has 4 nitrogen and oxygen atoms in total. The molecule has 0 unspecified atom stereocenters. The maximum Gasteiger partial charge on any atom is 0.246 e. The average Bonchev–Trinajstić information content (AvgIpc) is 3.18. The molecular formula is C23H23N3O. The van der Waals surface area contributed by atoms with Gasteiger partial charge in [0.15, 0.2) is 0 Å². The van der Waals surface area contributed by atoms with E-state index in [4.69, 9.17) is 5.10 Å². The molecule has 1 saturated heterocycles. The van der Waals surface area contributed by atoms with Crippen molar-refractivity contribution in [3.63, 3.8) is 0 Å². The summed E-state index contributed by atoms with van der Waals surface area (Å²) < 4.78 is 1.87. The van der Waals surface area contributed by atoms with E-state index in [0.29, 0.717) is 0 Å². The number of likely N-dealkylation sites (tertiary alicyclic amines) is 1. The lowest BCUT2D eigenvalue weighted by Crippen LogP contribution is -2.34. The Hall–Kier alpha value is -3.14. The van der Waals surface area contributed by atoms with Crippen LogP contribution in [0, 0.1) is 0 Å².